The molecule has 1 N–H and O–H groups in total. The van der Waals surface area contributed by atoms with E-state index in [2.05, 4.69) is 31.2 Å². The third-order valence-corrected chi connectivity index (χ3v) is 6.58. The maximum absolute atomic E-state index is 10.7. The van der Waals surface area contributed by atoms with Crippen LogP contribution in [0.25, 0.3) is 0 Å². The third-order valence-electron chi connectivity index (χ3n) is 4.96. The molecular formula is C17H24OS. The first-order chi connectivity index (χ1) is 9.19. The van der Waals surface area contributed by atoms with Gasteiger partial charge in [0.1, 0.15) is 0 Å². The van der Waals surface area contributed by atoms with E-state index in [-0.39, 0.29) is 10.9 Å². The van der Waals surface area contributed by atoms with E-state index in [1.54, 1.807) is 0 Å². The molecule has 1 aliphatic carbocycles. The van der Waals surface area contributed by atoms with Crippen LogP contribution in [-0.4, -0.2) is 21.7 Å². The van der Waals surface area contributed by atoms with E-state index in [1.807, 2.05) is 11.8 Å². The predicted octanol–water partition coefficient (Wildman–Crippen LogP) is 4.14. The van der Waals surface area contributed by atoms with Crippen LogP contribution in [0.1, 0.15) is 56.1 Å². The van der Waals surface area contributed by atoms with Crippen molar-refractivity contribution in [1.29, 1.82) is 0 Å². The molecule has 0 spiro atoms. The minimum atomic E-state index is -0.156. The zero-order chi connectivity index (χ0) is 13.3. The minimum Gasteiger partial charge on any atom is -0.392 e. The Labute approximate surface area is 120 Å². The summed E-state index contributed by atoms with van der Waals surface area (Å²) in [6.07, 6.45) is 6.96. The number of aliphatic hydroxyl groups excluding tert-OH is 1. The smallest absolute Gasteiger partial charge is 0.0690 e. The second-order valence-electron chi connectivity index (χ2n) is 6.30. The van der Waals surface area contributed by atoms with Crippen LogP contribution in [0, 0.1) is 0 Å². The monoisotopic (exact) mass is 276 g/mol. The summed E-state index contributed by atoms with van der Waals surface area (Å²) in [5.41, 5.74) is 3.01. The topological polar surface area (TPSA) is 20.2 Å². The molecule has 3 unspecified atom stereocenters. The van der Waals surface area contributed by atoms with Gasteiger partial charge in [-0.3, -0.25) is 0 Å². The fourth-order valence-electron chi connectivity index (χ4n) is 3.68. The molecule has 19 heavy (non-hydrogen) atoms. The molecule has 1 fully saturated rings. The van der Waals surface area contributed by atoms with Crippen molar-refractivity contribution in [1.82, 2.24) is 0 Å². The summed E-state index contributed by atoms with van der Waals surface area (Å²) in [6.45, 7) is 2.25. The second-order valence-corrected chi connectivity index (χ2v) is 7.93. The van der Waals surface area contributed by atoms with Gasteiger partial charge in [-0.15, -0.1) is 0 Å². The van der Waals surface area contributed by atoms with E-state index in [4.69, 9.17) is 0 Å². The molecule has 104 valence electrons. The van der Waals surface area contributed by atoms with Crippen molar-refractivity contribution in [2.24, 2.45) is 0 Å². The quantitative estimate of drug-likeness (QED) is 0.895. The van der Waals surface area contributed by atoms with Crippen LogP contribution in [0.15, 0.2) is 24.3 Å². The number of rotatable bonds is 3. The SMILES string of the molecule is CC1(C(O)CC2CCCc3ccccc32)CCCS1. The first-order valence-corrected chi connectivity index (χ1v) is 8.57. The highest BCUT2D eigenvalue weighted by Gasteiger charge is 2.38. The number of benzene rings is 1. The van der Waals surface area contributed by atoms with Crippen molar-refractivity contribution in [2.45, 2.75) is 62.2 Å². The van der Waals surface area contributed by atoms with Gasteiger partial charge in [-0.1, -0.05) is 24.3 Å². The molecular weight excluding hydrogens is 252 g/mol. The third kappa shape index (κ3) is 2.71. The van der Waals surface area contributed by atoms with Crippen LogP contribution in [0.5, 0.6) is 0 Å². The summed E-state index contributed by atoms with van der Waals surface area (Å²) in [6, 6.07) is 8.83. The summed E-state index contributed by atoms with van der Waals surface area (Å²) in [5.74, 6) is 1.78. The van der Waals surface area contributed by atoms with Crippen LogP contribution in [0.4, 0.5) is 0 Å². The van der Waals surface area contributed by atoms with Crippen molar-refractivity contribution in [3.8, 4) is 0 Å². The van der Waals surface area contributed by atoms with Gasteiger partial charge in [-0.05, 0) is 68.2 Å². The molecule has 3 rings (SSSR count). The van der Waals surface area contributed by atoms with E-state index in [1.165, 1.54) is 49.0 Å². The maximum atomic E-state index is 10.7. The highest BCUT2D eigenvalue weighted by Crippen LogP contribution is 2.44. The Kier molecular flexibility index (Phi) is 3.91. The van der Waals surface area contributed by atoms with Crippen molar-refractivity contribution < 1.29 is 5.11 Å². The van der Waals surface area contributed by atoms with Gasteiger partial charge in [0.05, 0.1) is 6.10 Å². The van der Waals surface area contributed by atoms with Crippen LogP contribution in [0.2, 0.25) is 0 Å². The summed E-state index contributed by atoms with van der Waals surface area (Å²) in [5, 5.41) is 10.7. The largest absolute Gasteiger partial charge is 0.392 e. The van der Waals surface area contributed by atoms with Gasteiger partial charge < -0.3 is 5.11 Å². The summed E-state index contributed by atoms with van der Waals surface area (Å²) in [7, 11) is 0. The second kappa shape index (κ2) is 5.49. The number of fused-ring (bicyclic) bond motifs is 1. The predicted molar refractivity (Wildman–Crippen MR) is 82.8 cm³/mol. The molecule has 1 saturated heterocycles. The van der Waals surface area contributed by atoms with Crippen molar-refractivity contribution in [2.75, 3.05) is 5.75 Å². The first kappa shape index (κ1) is 13.5. The minimum absolute atomic E-state index is 0.104. The molecule has 0 aromatic heterocycles. The molecule has 1 aromatic carbocycles. The lowest BCUT2D eigenvalue weighted by molar-refractivity contribution is 0.113. The fraction of sp³-hybridized carbons (Fsp3) is 0.647. The highest BCUT2D eigenvalue weighted by molar-refractivity contribution is 8.00. The molecule has 0 radical (unpaired) electrons. The zero-order valence-corrected chi connectivity index (χ0v) is 12.6. The summed E-state index contributed by atoms with van der Waals surface area (Å²) >= 11 is 1.97. The lowest BCUT2D eigenvalue weighted by atomic mass is 9.78. The van der Waals surface area contributed by atoms with Crippen molar-refractivity contribution in [3.05, 3.63) is 35.4 Å². The Morgan fingerprint density at radius 1 is 1.37 bits per heavy atom. The standard InChI is InChI=1S/C17H24OS/c1-17(10-5-11-19-17)16(18)12-14-8-4-7-13-6-2-3-9-15(13)14/h2-3,6,9,14,16,18H,4-5,7-8,10-12H2,1H3. The normalized spacial score (nSPS) is 32.0. The Bertz CT molecular complexity index is 437. The number of aliphatic hydroxyl groups is 1. The average molecular weight is 276 g/mol. The van der Waals surface area contributed by atoms with Gasteiger partial charge in [0.15, 0.2) is 0 Å². The average Bonchev–Trinajstić information content (AvgIpc) is 2.87. The van der Waals surface area contributed by atoms with Gasteiger partial charge in [-0.2, -0.15) is 11.8 Å². The lowest BCUT2D eigenvalue weighted by Crippen LogP contribution is -2.35. The first-order valence-electron chi connectivity index (χ1n) is 7.59. The highest BCUT2D eigenvalue weighted by atomic mass is 32.2. The Hall–Kier alpha value is -0.470. The lowest BCUT2D eigenvalue weighted by Gasteiger charge is -2.34. The van der Waals surface area contributed by atoms with Crippen LogP contribution < -0.4 is 0 Å². The Morgan fingerprint density at radius 2 is 2.21 bits per heavy atom. The van der Waals surface area contributed by atoms with Crippen LogP contribution in [-0.2, 0) is 6.42 Å². The van der Waals surface area contributed by atoms with E-state index in [0.717, 1.165) is 6.42 Å². The molecule has 1 aromatic rings. The van der Waals surface area contributed by atoms with E-state index >= 15 is 0 Å². The number of aryl methyl sites for hydroxylation is 1. The van der Waals surface area contributed by atoms with Gasteiger partial charge in [0, 0.05) is 4.75 Å². The molecule has 1 aliphatic heterocycles. The molecule has 3 atom stereocenters. The molecule has 2 aliphatic rings. The number of thioether (sulfide) groups is 1. The van der Waals surface area contributed by atoms with Gasteiger partial charge >= 0.3 is 0 Å². The Morgan fingerprint density at radius 3 is 3.00 bits per heavy atom. The van der Waals surface area contributed by atoms with Crippen LogP contribution in [0.3, 0.4) is 0 Å². The van der Waals surface area contributed by atoms with E-state index in [9.17, 15) is 5.11 Å². The van der Waals surface area contributed by atoms with Gasteiger partial charge in [0.2, 0.25) is 0 Å². The summed E-state index contributed by atoms with van der Waals surface area (Å²) < 4.78 is 0.104. The van der Waals surface area contributed by atoms with E-state index in [0.29, 0.717) is 5.92 Å². The molecule has 0 amide bonds. The number of hydrogen-bond acceptors (Lipinski definition) is 2. The van der Waals surface area contributed by atoms with Gasteiger partial charge in [0.25, 0.3) is 0 Å². The fourth-order valence-corrected chi connectivity index (χ4v) is 5.01. The van der Waals surface area contributed by atoms with Crippen LogP contribution >= 0.6 is 11.8 Å². The van der Waals surface area contributed by atoms with Crippen molar-refractivity contribution >= 4 is 11.8 Å². The molecule has 1 heterocycles. The zero-order valence-electron chi connectivity index (χ0n) is 11.8. The molecule has 0 saturated carbocycles. The molecule has 2 heteroatoms. The number of hydrogen-bond donors (Lipinski definition) is 1. The maximum Gasteiger partial charge on any atom is 0.0690 e. The summed E-state index contributed by atoms with van der Waals surface area (Å²) in [4.78, 5) is 0. The molecule has 1 nitrogen and oxygen atoms in total. The van der Waals surface area contributed by atoms with E-state index < -0.39 is 0 Å². The molecule has 0 bridgehead atoms. The van der Waals surface area contributed by atoms with Gasteiger partial charge in [-0.25, -0.2) is 0 Å². The Balaban J connectivity index is 1.74. The van der Waals surface area contributed by atoms with Crippen molar-refractivity contribution in [3.63, 3.8) is 0 Å².